The third kappa shape index (κ3) is 3.54. The molecule has 0 radical (unpaired) electrons. The van der Waals surface area contributed by atoms with Gasteiger partial charge in [0, 0.05) is 23.2 Å². The van der Waals surface area contributed by atoms with Crippen molar-refractivity contribution in [1.82, 2.24) is 9.97 Å². The van der Waals surface area contributed by atoms with Crippen LogP contribution in [0.15, 0.2) is 77.1 Å². The molecule has 130 valence electrons. The van der Waals surface area contributed by atoms with Gasteiger partial charge in [-0.2, -0.15) is 0 Å². The highest BCUT2D eigenvalue weighted by Crippen LogP contribution is 2.26. The zero-order valence-corrected chi connectivity index (χ0v) is 14.9. The van der Waals surface area contributed by atoms with Crippen molar-refractivity contribution in [2.24, 2.45) is 4.99 Å². The maximum absolute atomic E-state index is 6.09. The summed E-state index contributed by atoms with van der Waals surface area (Å²) in [4.78, 5) is 11.4. The first-order valence-corrected chi connectivity index (χ1v) is 8.68. The predicted molar refractivity (Wildman–Crippen MR) is 105 cm³/mol. The molecule has 3 aromatic rings. The van der Waals surface area contributed by atoms with Crippen molar-refractivity contribution in [1.29, 1.82) is 0 Å². The Kier molecular flexibility index (Phi) is 4.32. The molecule has 1 aliphatic heterocycles. The largest absolute Gasteiger partial charge is 0.487 e. The molecule has 0 spiro atoms. The lowest BCUT2D eigenvalue weighted by molar-refractivity contribution is 0.208. The Labute approximate surface area is 153 Å². The number of nitrogens with zero attached hydrogens (tertiary/aromatic N) is 1. The molecule has 3 heterocycles. The van der Waals surface area contributed by atoms with Crippen molar-refractivity contribution in [2.45, 2.75) is 20.5 Å². The van der Waals surface area contributed by atoms with E-state index in [0.717, 1.165) is 45.5 Å². The highest BCUT2D eigenvalue weighted by atomic mass is 16.5. The van der Waals surface area contributed by atoms with Crippen LogP contribution in [0.2, 0.25) is 0 Å². The smallest absolute Gasteiger partial charge is 0.147 e. The van der Waals surface area contributed by atoms with Gasteiger partial charge in [0.05, 0.1) is 11.4 Å². The van der Waals surface area contributed by atoms with Crippen LogP contribution in [0, 0.1) is 13.8 Å². The first-order valence-electron chi connectivity index (χ1n) is 8.68. The SMILES string of the molecule is Cc1ccc(/C=C2\N=C(c3ccc(C)[nH]3)C=C2OCc2ccccc2)[nH]1. The Morgan fingerprint density at radius 3 is 2.38 bits per heavy atom. The van der Waals surface area contributed by atoms with Gasteiger partial charge in [-0.25, -0.2) is 4.99 Å². The number of H-pyrrole nitrogens is 2. The molecule has 2 aromatic heterocycles. The van der Waals surface area contributed by atoms with Crippen molar-refractivity contribution < 1.29 is 4.74 Å². The predicted octanol–water partition coefficient (Wildman–Crippen LogP) is 4.90. The molecule has 4 rings (SSSR count). The van der Waals surface area contributed by atoms with Crippen LogP contribution >= 0.6 is 0 Å². The Balaban J connectivity index is 1.63. The molecule has 0 bridgehead atoms. The number of aliphatic imine (C=N–C) groups is 1. The third-order valence-electron chi connectivity index (χ3n) is 4.25. The number of hydrogen-bond donors (Lipinski definition) is 2. The molecule has 0 unspecified atom stereocenters. The van der Waals surface area contributed by atoms with E-state index in [-0.39, 0.29) is 0 Å². The Hall–Kier alpha value is -3.27. The maximum atomic E-state index is 6.09. The molecule has 0 saturated heterocycles. The lowest BCUT2D eigenvalue weighted by atomic mass is 10.2. The second-order valence-electron chi connectivity index (χ2n) is 6.46. The number of benzene rings is 1. The van der Waals surface area contributed by atoms with Crippen LogP contribution in [0.25, 0.3) is 6.08 Å². The van der Waals surface area contributed by atoms with Crippen LogP contribution in [0.4, 0.5) is 0 Å². The van der Waals surface area contributed by atoms with Crippen LogP contribution in [0.1, 0.15) is 28.3 Å². The minimum absolute atomic E-state index is 0.514. The van der Waals surface area contributed by atoms with Crippen molar-refractivity contribution in [2.75, 3.05) is 0 Å². The number of nitrogens with one attached hydrogen (secondary N) is 2. The van der Waals surface area contributed by atoms with Gasteiger partial charge in [0.15, 0.2) is 0 Å². The van der Waals surface area contributed by atoms with Gasteiger partial charge in [0.1, 0.15) is 18.1 Å². The number of ether oxygens (including phenoxy) is 1. The van der Waals surface area contributed by atoms with Crippen LogP contribution in [-0.4, -0.2) is 15.7 Å². The fourth-order valence-electron chi connectivity index (χ4n) is 2.92. The first-order chi connectivity index (χ1) is 12.7. The molecule has 0 atom stereocenters. The Morgan fingerprint density at radius 1 is 0.923 bits per heavy atom. The van der Waals surface area contributed by atoms with Crippen molar-refractivity contribution in [3.05, 3.63) is 100 Å². The minimum atomic E-state index is 0.514. The number of aryl methyl sites for hydroxylation is 2. The molecular weight excluding hydrogens is 322 g/mol. The molecule has 0 fully saturated rings. The lowest BCUT2D eigenvalue weighted by Gasteiger charge is -2.07. The van der Waals surface area contributed by atoms with E-state index in [0.29, 0.717) is 6.61 Å². The number of aromatic nitrogens is 2. The first kappa shape index (κ1) is 16.2. The number of allylic oxidation sites excluding steroid dienone is 1. The zero-order chi connectivity index (χ0) is 17.9. The summed E-state index contributed by atoms with van der Waals surface area (Å²) in [6.45, 7) is 4.59. The average molecular weight is 343 g/mol. The molecule has 26 heavy (non-hydrogen) atoms. The van der Waals surface area contributed by atoms with E-state index in [2.05, 4.69) is 28.2 Å². The standard InChI is InChI=1S/C22H21N3O/c1-15-8-10-18(23-15)12-21-22(26-14-17-6-4-3-5-7-17)13-20(25-21)19-11-9-16(2)24-19/h3-13,23-24H,14H2,1-2H3/b21-12-. The number of aromatic amines is 2. The topological polar surface area (TPSA) is 53.2 Å². The summed E-state index contributed by atoms with van der Waals surface area (Å²) in [6, 6.07) is 18.3. The summed E-state index contributed by atoms with van der Waals surface area (Å²) in [5.74, 6) is 0.781. The normalized spacial score (nSPS) is 15.2. The van der Waals surface area contributed by atoms with E-state index < -0.39 is 0 Å². The van der Waals surface area contributed by atoms with Crippen LogP contribution in [-0.2, 0) is 11.3 Å². The fraction of sp³-hybridized carbons (Fsp3) is 0.136. The van der Waals surface area contributed by atoms with Gasteiger partial charge in [-0.15, -0.1) is 0 Å². The van der Waals surface area contributed by atoms with Crippen LogP contribution < -0.4 is 0 Å². The Bertz CT molecular complexity index is 1000. The minimum Gasteiger partial charge on any atom is -0.487 e. The van der Waals surface area contributed by atoms with Gasteiger partial charge in [-0.05, 0) is 49.8 Å². The summed E-state index contributed by atoms with van der Waals surface area (Å²) in [7, 11) is 0. The quantitative estimate of drug-likeness (QED) is 0.680. The third-order valence-corrected chi connectivity index (χ3v) is 4.25. The van der Waals surface area contributed by atoms with E-state index in [1.807, 2.05) is 62.4 Å². The highest BCUT2D eigenvalue weighted by molar-refractivity contribution is 6.11. The van der Waals surface area contributed by atoms with Crippen molar-refractivity contribution in [3.63, 3.8) is 0 Å². The van der Waals surface area contributed by atoms with E-state index in [1.54, 1.807) is 0 Å². The van der Waals surface area contributed by atoms with E-state index in [4.69, 9.17) is 9.73 Å². The van der Waals surface area contributed by atoms with Crippen LogP contribution in [0.5, 0.6) is 0 Å². The van der Waals surface area contributed by atoms with Crippen LogP contribution in [0.3, 0.4) is 0 Å². The van der Waals surface area contributed by atoms with Gasteiger partial charge < -0.3 is 14.7 Å². The summed E-state index contributed by atoms with van der Waals surface area (Å²) in [5, 5.41) is 0. The molecule has 0 amide bonds. The highest BCUT2D eigenvalue weighted by Gasteiger charge is 2.18. The van der Waals surface area contributed by atoms with Gasteiger partial charge in [-0.3, -0.25) is 0 Å². The fourth-order valence-corrected chi connectivity index (χ4v) is 2.92. The van der Waals surface area contributed by atoms with Gasteiger partial charge in [0.25, 0.3) is 0 Å². The van der Waals surface area contributed by atoms with Crippen molar-refractivity contribution >= 4 is 11.8 Å². The van der Waals surface area contributed by atoms with E-state index in [9.17, 15) is 0 Å². The molecule has 4 heteroatoms. The summed E-state index contributed by atoms with van der Waals surface area (Å²) >= 11 is 0. The molecule has 1 aliphatic rings. The summed E-state index contributed by atoms with van der Waals surface area (Å²) in [5.41, 5.74) is 7.08. The second kappa shape index (κ2) is 6.92. The summed E-state index contributed by atoms with van der Waals surface area (Å²) in [6.07, 6.45) is 4.02. The molecule has 0 aliphatic carbocycles. The lowest BCUT2D eigenvalue weighted by Crippen LogP contribution is -1.95. The molecular formula is C22H21N3O. The maximum Gasteiger partial charge on any atom is 0.147 e. The van der Waals surface area contributed by atoms with Gasteiger partial charge in [-0.1, -0.05) is 30.3 Å². The van der Waals surface area contributed by atoms with E-state index >= 15 is 0 Å². The number of rotatable bonds is 5. The number of hydrogen-bond acceptors (Lipinski definition) is 2. The zero-order valence-electron chi connectivity index (χ0n) is 14.9. The monoisotopic (exact) mass is 343 g/mol. The molecule has 1 aromatic carbocycles. The Morgan fingerprint density at radius 2 is 1.69 bits per heavy atom. The van der Waals surface area contributed by atoms with Gasteiger partial charge >= 0.3 is 0 Å². The van der Waals surface area contributed by atoms with Gasteiger partial charge in [0.2, 0.25) is 0 Å². The van der Waals surface area contributed by atoms with E-state index in [1.165, 1.54) is 0 Å². The molecule has 4 nitrogen and oxygen atoms in total. The summed E-state index contributed by atoms with van der Waals surface area (Å²) < 4.78 is 6.09. The molecule has 2 N–H and O–H groups in total. The molecule has 0 saturated carbocycles. The second-order valence-corrected chi connectivity index (χ2v) is 6.46. The van der Waals surface area contributed by atoms with Crippen molar-refractivity contribution in [3.8, 4) is 0 Å². The average Bonchev–Trinajstić information content (AvgIpc) is 3.35.